The minimum absolute atomic E-state index is 0.0602. The van der Waals surface area contributed by atoms with Gasteiger partial charge >= 0.3 is 0 Å². The summed E-state index contributed by atoms with van der Waals surface area (Å²) >= 11 is 6.20. The van der Waals surface area contributed by atoms with Crippen LogP contribution in [0.3, 0.4) is 0 Å². The fourth-order valence-corrected chi connectivity index (χ4v) is 3.45. The van der Waals surface area contributed by atoms with Crippen LogP contribution in [0, 0.1) is 6.92 Å². The molecule has 0 aromatic heterocycles. The molecule has 0 saturated carbocycles. The molecular weight excluding hydrogens is 314 g/mol. The van der Waals surface area contributed by atoms with E-state index in [1.165, 1.54) is 11.1 Å². The maximum absolute atomic E-state index is 13.0. The summed E-state index contributed by atoms with van der Waals surface area (Å²) in [5, 5.41) is 0.407. The van der Waals surface area contributed by atoms with Gasteiger partial charge in [0, 0.05) is 17.8 Å². The van der Waals surface area contributed by atoms with Crippen LogP contribution in [-0.2, 0) is 6.42 Å². The topological polar surface area (TPSA) is 38.8 Å². The molecule has 2 aliphatic heterocycles. The molecule has 0 atom stereocenters. The Morgan fingerprint density at radius 1 is 1.22 bits per heavy atom. The van der Waals surface area contributed by atoms with Crippen molar-refractivity contribution < 1.29 is 14.3 Å². The molecule has 0 unspecified atom stereocenters. The third-order valence-corrected chi connectivity index (χ3v) is 4.55. The maximum Gasteiger partial charge on any atom is 0.258 e. The number of hydrogen-bond acceptors (Lipinski definition) is 3. The number of anilines is 1. The number of rotatable bonds is 1. The van der Waals surface area contributed by atoms with E-state index in [1.807, 2.05) is 17.0 Å². The molecule has 2 heterocycles. The molecule has 2 aliphatic rings. The summed E-state index contributed by atoms with van der Waals surface area (Å²) in [7, 11) is 0. The van der Waals surface area contributed by atoms with E-state index in [1.54, 1.807) is 12.1 Å². The SMILES string of the molecule is Cc1ccc2c(c1)CCCN2C(=O)c1cc(Cl)c2c(c1)OCO2. The lowest BCUT2D eigenvalue weighted by Gasteiger charge is -2.30. The zero-order valence-corrected chi connectivity index (χ0v) is 13.5. The summed E-state index contributed by atoms with van der Waals surface area (Å²) in [6.45, 7) is 2.91. The van der Waals surface area contributed by atoms with Gasteiger partial charge in [-0.15, -0.1) is 0 Å². The van der Waals surface area contributed by atoms with E-state index in [4.69, 9.17) is 21.1 Å². The number of hydrogen-bond donors (Lipinski definition) is 0. The second-order valence-electron chi connectivity index (χ2n) is 5.88. The van der Waals surface area contributed by atoms with Gasteiger partial charge in [0.1, 0.15) is 0 Å². The van der Waals surface area contributed by atoms with Crippen LogP contribution in [0.1, 0.15) is 27.9 Å². The number of ether oxygens (including phenoxy) is 2. The lowest BCUT2D eigenvalue weighted by atomic mass is 9.99. The zero-order chi connectivity index (χ0) is 16.0. The van der Waals surface area contributed by atoms with Gasteiger partial charge in [-0.1, -0.05) is 29.3 Å². The van der Waals surface area contributed by atoms with Gasteiger partial charge in [0.05, 0.1) is 5.02 Å². The van der Waals surface area contributed by atoms with E-state index in [0.717, 1.165) is 18.5 Å². The van der Waals surface area contributed by atoms with Gasteiger partial charge < -0.3 is 14.4 Å². The Hall–Kier alpha value is -2.20. The van der Waals surface area contributed by atoms with Crippen molar-refractivity contribution in [3.63, 3.8) is 0 Å². The van der Waals surface area contributed by atoms with Crippen molar-refractivity contribution in [2.75, 3.05) is 18.2 Å². The quantitative estimate of drug-likeness (QED) is 0.794. The molecule has 0 N–H and O–H groups in total. The van der Waals surface area contributed by atoms with Gasteiger partial charge in [-0.05, 0) is 43.5 Å². The number of carbonyl (C=O) groups excluding carboxylic acids is 1. The molecule has 2 aromatic rings. The van der Waals surface area contributed by atoms with E-state index < -0.39 is 0 Å². The number of halogens is 1. The van der Waals surface area contributed by atoms with Crippen LogP contribution in [0.2, 0.25) is 5.02 Å². The lowest BCUT2D eigenvalue weighted by molar-refractivity contribution is 0.0984. The van der Waals surface area contributed by atoms with Crippen molar-refractivity contribution in [2.24, 2.45) is 0 Å². The van der Waals surface area contributed by atoms with Gasteiger partial charge in [-0.2, -0.15) is 0 Å². The van der Waals surface area contributed by atoms with Crippen LogP contribution in [0.25, 0.3) is 0 Å². The molecule has 23 heavy (non-hydrogen) atoms. The molecule has 0 aliphatic carbocycles. The second-order valence-corrected chi connectivity index (χ2v) is 6.29. The van der Waals surface area contributed by atoms with E-state index in [-0.39, 0.29) is 12.7 Å². The summed E-state index contributed by atoms with van der Waals surface area (Å²) in [5.41, 5.74) is 3.94. The summed E-state index contributed by atoms with van der Waals surface area (Å²) in [6, 6.07) is 9.58. The molecule has 5 heteroatoms. The summed E-state index contributed by atoms with van der Waals surface area (Å²) in [6.07, 6.45) is 1.96. The van der Waals surface area contributed by atoms with E-state index >= 15 is 0 Å². The lowest BCUT2D eigenvalue weighted by Crippen LogP contribution is -2.35. The number of aryl methyl sites for hydroxylation is 2. The highest BCUT2D eigenvalue weighted by atomic mass is 35.5. The van der Waals surface area contributed by atoms with Crippen LogP contribution < -0.4 is 14.4 Å². The number of benzene rings is 2. The molecule has 4 nitrogen and oxygen atoms in total. The summed E-state index contributed by atoms with van der Waals surface area (Å²) < 4.78 is 10.7. The van der Waals surface area contributed by atoms with Crippen molar-refractivity contribution in [3.8, 4) is 11.5 Å². The Kier molecular flexibility index (Phi) is 3.42. The second kappa shape index (κ2) is 5.46. The number of fused-ring (bicyclic) bond motifs is 2. The van der Waals surface area contributed by atoms with Gasteiger partial charge in [-0.25, -0.2) is 0 Å². The fraction of sp³-hybridized carbons (Fsp3) is 0.278. The Morgan fingerprint density at radius 3 is 2.96 bits per heavy atom. The minimum atomic E-state index is -0.0602. The van der Waals surface area contributed by atoms with Crippen LogP contribution in [-0.4, -0.2) is 19.2 Å². The standard InChI is InChI=1S/C18H16ClNO3/c1-11-4-5-15-12(7-11)3-2-6-20(15)18(21)13-8-14(19)17-16(9-13)22-10-23-17/h4-5,7-9H,2-3,6,10H2,1H3. The highest BCUT2D eigenvalue weighted by Gasteiger charge is 2.26. The third kappa shape index (κ3) is 2.43. The smallest absolute Gasteiger partial charge is 0.258 e. The van der Waals surface area contributed by atoms with Gasteiger partial charge in [0.15, 0.2) is 11.5 Å². The molecule has 4 rings (SSSR count). The molecule has 0 spiro atoms. The van der Waals surface area contributed by atoms with Gasteiger partial charge in [-0.3, -0.25) is 4.79 Å². The monoisotopic (exact) mass is 329 g/mol. The van der Waals surface area contributed by atoms with Crippen LogP contribution in [0.15, 0.2) is 30.3 Å². The normalized spacial score (nSPS) is 15.5. The first-order valence-electron chi connectivity index (χ1n) is 7.64. The average molecular weight is 330 g/mol. The fourth-order valence-electron chi connectivity index (χ4n) is 3.18. The molecule has 0 radical (unpaired) electrons. The third-order valence-electron chi connectivity index (χ3n) is 4.27. The molecule has 0 bridgehead atoms. The first kappa shape index (κ1) is 14.4. The van der Waals surface area contributed by atoms with Crippen LogP contribution >= 0.6 is 11.6 Å². The maximum atomic E-state index is 13.0. The predicted molar refractivity (Wildman–Crippen MR) is 88.8 cm³/mol. The molecule has 1 amide bonds. The number of amides is 1. The summed E-state index contributed by atoms with van der Waals surface area (Å²) in [4.78, 5) is 14.8. The first-order valence-corrected chi connectivity index (χ1v) is 8.02. The van der Waals surface area contributed by atoms with Crippen LogP contribution in [0.4, 0.5) is 5.69 Å². The van der Waals surface area contributed by atoms with Gasteiger partial charge in [0.2, 0.25) is 6.79 Å². The zero-order valence-electron chi connectivity index (χ0n) is 12.8. The van der Waals surface area contributed by atoms with Crippen LogP contribution in [0.5, 0.6) is 11.5 Å². The van der Waals surface area contributed by atoms with Gasteiger partial charge in [0.25, 0.3) is 5.91 Å². The number of nitrogens with zero attached hydrogens (tertiary/aromatic N) is 1. The number of carbonyl (C=O) groups is 1. The van der Waals surface area contributed by atoms with E-state index in [0.29, 0.717) is 28.6 Å². The Bertz CT molecular complexity index is 803. The minimum Gasteiger partial charge on any atom is -0.454 e. The van der Waals surface area contributed by atoms with Crippen molar-refractivity contribution in [3.05, 3.63) is 52.0 Å². The highest BCUT2D eigenvalue weighted by molar-refractivity contribution is 6.33. The summed E-state index contributed by atoms with van der Waals surface area (Å²) in [5.74, 6) is 0.981. The molecule has 118 valence electrons. The van der Waals surface area contributed by atoms with E-state index in [2.05, 4.69) is 13.0 Å². The van der Waals surface area contributed by atoms with Crippen molar-refractivity contribution in [2.45, 2.75) is 19.8 Å². The molecule has 0 saturated heterocycles. The van der Waals surface area contributed by atoms with Crippen molar-refractivity contribution in [1.82, 2.24) is 0 Å². The average Bonchev–Trinajstić information content (AvgIpc) is 3.02. The largest absolute Gasteiger partial charge is 0.454 e. The van der Waals surface area contributed by atoms with E-state index in [9.17, 15) is 4.79 Å². The predicted octanol–water partition coefficient (Wildman–Crippen LogP) is 3.97. The first-order chi connectivity index (χ1) is 11.1. The van der Waals surface area contributed by atoms with Crippen molar-refractivity contribution in [1.29, 1.82) is 0 Å². The van der Waals surface area contributed by atoms with Crippen molar-refractivity contribution >= 4 is 23.2 Å². The molecular formula is C18H16ClNO3. The Morgan fingerprint density at radius 2 is 2.09 bits per heavy atom. The Balaban J connectivity index is 1.72. The Labute approximate surface area is 139 Å². The molecule has 2 aromatic carbocycles. The highest BCUT2D eigenvalue weighted by Crippen LogP contribution is 2.40. The molecule has 0 fully saturated rings.